The summed E-state index contributed by atoms with van der Waals surface area (Å²) in [6.07, 6.45) is 1.06. The molecule has 15 heavy (non-hydrogen) atoms. The first-order valence-electron chi connectivity index (χ1n) is 4.96. The van der Waals surface area contributed by atoms with E-state index in [4.69, 9.17) is 9.84 Å². The Balaban J connectivity index is 2.84. The van der Waals surface area contributed by atoms with Crippen LogP contribution in [-0.2, 0) is 6.61 Å². The SMILES string of the molecule is CC(C)C(C)Oc1ncc(F)cc1CO. The van der Waals surface area contributed by atoms with E-state index in [1.54, 1.807) is 0 Å². The molecule has 0 aliphatic carbocycles. The Bertz CT molecular complexity index is 328. The number of ether oxygens (including phenoxy) is 1. The molecule has 1 heterocycles. The minimum absolute atomic E-state index is 0.0201. The summed E-state index contributed by atoms with van der Waals surface area (Å²) in [4.78, 5) is 3.81. The fourth-order valence-corrected chi connectivity index (χ4v) is 1.00. The maximum absolute atomic E-state index is 12.8. The van der Waals surface area contributed by atoms with E-state index in [0.29, 0.717) is 17.4 Å². The van der Waals surface area contributed by atoms with Gasteiger partial charge >= 0.3 is 0 Å². The number of aliphatic hydroxyl groups excluding tert-OH is 1. The van der Waals surface area contributed by atoms with E-state index in [1.807, 2.05) is 20.8 Å². The molecule has 1 N–H and O–H groups in total. The average Bonchev–Trinajstić information content (AvgIpc) is 2.20. The van der Waals surface area contributed by atoms with Gasteiger partial charge in [-0.05, 0) is 18.9 Å². The number of halogens is 1. The zero-order valence-electron chi connectivity index (χ0n) is 9.20. The Labute approximate surface area is 88.9 Å². The van der Waals surface area contributed by atoms with Gasteiger partial charge in [0.2, 0.25) is 5.88 Å². The monoisotopic (exact) mass is 213 g/mol. The second kappa shape index (κ2) is 5.07. The van der Waals surface area contributed by atoms with Crippen molar-refractivity contribution in [2.45, 2.75) is 33.5 Å². The quantitative estimate of drug-likeness (QED) is 0.833. The zero-order valence-corrected chi connectivity index (χ0v) is 9.20. The van der Waals surface area contributed by atoms with Crippen molar-refractivity contribution < 1.29 is 14.2 Å². The van der Waals surface area contributed by atoms with Crippen molar-refractivity contribution in [3.63, 3.8) is 0 Å². The molecule has 1 unspecified atom stereocenters. The summed E-state index contributed by atoms with van der Waals surface area (Å²) in [7, 11) is 0. The molecule has 84 valence electrons. The van der Waals surface area contributed by atoms with Gasteiger partial charge in [0.05, 0.1) is 18.9 Å². The summed E-state index contributed by atoms with van der Waals surface area (Å²) in [5, 5.41) is 9.01. The predicted octanol–water partition coefficient (Wildman–Crippen LogP) is 2.14. The Morgan fingerprint density at radius 3 is 2.67 bits per heavy atom. The van der Waals surface area contributed by atoms with Gasteiger partial charge < -0.3 is 9.84 Å². The van der Waals surface area contributed by atoms with E-state index >= 15 is 0 Å². The lowest BCUT2D eigenvalue weighted by atomic mass is 10.1. The average molecular weight is 213 g/mol. The highest BCUT2D eigenvalue weighted by atomic mass is 19.1. The second-order valence-corrected chi connectivity index (χ2v) is 3.84. The van der Waals surface area contributed by atoms with E-state index in [-0.39, 0.29) is 12.7 Å². The highest BCUT2D eigenvalue weighted by molar-refractivity contribution is 5.25. The third kappa shape index (κ3) is 3.16. The largest absolute Gasteiger partial charge is 0.474 e. The van der Waals surface area contributed by atoms with Gasteiger partial charge in [0, 0.05) is 5.56 Å². The molecule has 1 aromatic heterocycles. The Morgan fingerprint density at radius 2 is 2.13 bits per heavy atom. The molecule has 0 fully saturated rings. The van der Waals surface area contributed by atoms with Crippen LogP contribution in [0.15, 0.2) is 12.3 Å². The highest BCUT2D eigenvalue weighted by Gasteiger charge is 2.13. The van der Waals surface area contributed by atoms with Crippen LogP contribution >= 0.6 is 0 Å². The van der Waals surface area contributed by atoms with Gasteiger partial charge in [-0.2, -0.15) is 0 Å². The molecule has 0 saturated heterocycles. The van der Waals surface area contributed by atoms with E-state index in [1.165, 1.54) is 6.07 Å². The molecular weight excluding hydrogens is 197 g/mol. The number of aliphatic hydroxyl groups is 1. The van der Waals surface area contributed by atoms with E-state index in [0.717, 1.165) is 6.20 Å². The summed E-state index contributed by atoms with van der Waals surface area (Å²) in [6, 6.07) is 1.23. The van der Waals surface area contributed by atoms with Crippen LogP contribution in [0, 0.1) is 11.7 Å². The highest BCUT2D eigenvalue weighted by Crippen LogP contribution is 2.19. The normalized spacial score (nSPS) is 12.9. The van der Waals surface area contributed by atoms with Crippen molar-refractivity contribution in [2.75, 3.05) is 0 Å². The molecule has 0 amide bonds. The molecule has 3 nitrogen and oxygen atoms in total. The molecule has 0 aromatic carbocycles. The van der Waals surface area contributed by atoms with Crippen molar-refractivity contribution >= 4 is 0 Å². The Morgan fingerprint density at radius 1 is 1.47 bits per heavy atom. The molecule has 1 rings (SSSR count). The van der Waals surface area contributed by atoms with Gasteiger partial charge in [-0.25, -0.2) is 9.37 Å². The summed E-state index contributed by atoms with van der Waals surface area (Å²) in [5.74, 6) is 0.173. The maximum atomic E-state index is 12.8. The van der Waals surface area contributed by atoms with E-state index in [2.05, 4.69) is 4.98 Å². The van der Waals surface area contributed by atoms with Gasteiger partial charge in [-0.3, -0.25) is 0 Å². The minimum Gasteiger partial charge on any atom is -0.474 e. The van der Waals surface area contributed by atoms with E-state index in [9.17, 15) is 4.39 Å². The summed E-state index contributed by atoms with van der Waals surface area (Å²) >= 11 is 0. The third-order valence-electron chi connectivity index (χ3n) is 2.30. The van der Waals surface area contributed by atoms with Crippen LogP contribution in [0.4, 0.5) is 4.39 Å². The number of nitrogens with zero attached hydrogens (tertiary/aromatic N) is 1. The second-order valence-electron chi connectivity index (χ2n) is 3.84. The lowest BCUT2D eigenvalue weighted by molar-refractivity contribution is 0.156. The first kappa shape index (κ1) is 11.9. The lowest BCUT2D eigenvalue weighted by Gasteiger charge is -2.18. The Kier molecular flexibility index (Phi) is 4.03. The first-order valence-corrected chi connectivity index (χ1v) is 4.96. The molecule has 1 atom stereocenters. The van der Waals surface area contributed by atoms with Crippen LogP contribution in [0.3, 0.4) is 0 Å². The van der Waals surface area contributed by atoms with Gasteiger partial charge in [0.1, 0.15) is 5.82 Å². The topological polar surface area (TPSA) is 42.4 Å². The molecule has 0 aliphatic heterocycles. The fraction of sp³-hybridized carbons (Fsp3) is 0.545. The fourth-order valence-electron chi connectivity index (χ4n) is 1.00. The molecule has 1 aromatic rings. The summed E-state index contributed by atoms with van der Waals surface area (Å²) < 4.78 is 18.3. The number of rotatable bonds is 4. The number of pyridine rings is 1. The maximum Gasteiger partial charge on any atom is 0.219 e. The standard InChI is InChI=1S/C11H16FNO2/c1-7(2)8(3)15-11-9(6-14)4-10(12)5-13-11/h4-5,7-8,14H,6H2,1-3H3. The van der Waals surface area contributed by atoms with E-state index < -0.39 is 5.82 Å². The van der Waals surface area contributed by atoms with Crippen LogP contribution in [0.5, 0.6) is 5.88 Å². The van der Waals surface area contributed by atoms with Gasteiger partial charge in [-0.15, -0.1) is 0 Å². The van der Waals surface area contributed by atoms with Crippen LogP contribution in [0.1, 0.15) is 26.3 Å². The molecule has 0 aliphatic rings. The van der Waals surface area contributed by atoms with Crippen LogP contribution in [0.2, 0.25) is 0 Å². The van der Waals surface area contributed by atoms with Gasteiger partial charge in [0.15, 0.2) is 0 Å². The van der Waals surface area contributed by atoms with Crippen LogP contribution in [0.25, 0.3) is 0 Å². The Hall–Kier alpha value is -1.16. The molecule has 0 spiro atoms. The summed E-state index contributed by atoms with van der Waals surface area (Å²) in [6.45, 7) is 5.68. The molecule has 0 saturated carbocycles. The lowest BCUT2D eigenvalue weighted by Crippen LogP contribution is -2.20. The molecule has 4 heteroatoms. The van der Waals surface area contributed by atoms with Crippen molar-refractivity contribution in [1.82, 2.24) is 4.98 Å². The smallest absolute Gasteiger partial charge is 0.219 e. The number of hydrogen-bond acceptors (Lipinski definition) is 3. The van der Waals surface area contributed by atoms with Crippen molar-refractivity contribution in [3.8, 4) is 5.88 Å². The third-order valence-corrected chi connectivity index (χ3v) is 2.30. The zero-order chi connectivity index (χ0) is 11.4. The number of hydrogen-bond donors (Lipinski definition) is 1. The van der Waals surface area contributed by atoms with Crippen molar-refractivity contribution in [2.24, 2.45) is 5.92 Å². The molecule has 0 bridgehead atoms. The van der Waals surface area contributed by atoms with Crippen molar-refractivity contribution in [3.05, 3.63) is 23.6 Å². The predicted molar refractivity (Wildman–Crippen MR) is 55.0 cm³/mol. The van der Waals surface area contributed by atoms with Crippen LogP contribution in [-0.4, -0.2) is 16.2 Å². The summed E-state index contributed by atoms with van der Waals surface area (Å²) in [5.41, 5.74) is 0.377. The van der Waals surface area contributed by atoms with Crippen molar-refractivity contribution in [1.29, 1.82) is 0 Å². The molecular formula is C11H16FNO2. The van der Waals surface area contributed by atoms with Gasteiger partial charge in [-0.1, -0.05) is 13.8 Å². The molecule has 0 radical (unpaired) electrons. The van der Waals surface area contributed by atoms with Crippen LogP contribution < -0.4 is 4.74 Å². The number of aromatic nitrogens is 1. The minimum atomic E-state index is -0.469. The first-order chi connectivity index (χ1) is 7.04. The van der Waals surface area contributed by atoms with Gasteiger partial charge in [0.25, 0.3) is 0 Å².